The van der Waals surface area contributed by atoms with E-state index in [1.165, 1.54) is 0 Å². The minimum atomic E-state index is -4.61. The molecule has 0 aromatic carbocycles. The van der Waals surface area contributed by atoms with Crippen LogP contribution in [0.1, 0.15) is 13.3 Å². The first-order valence-electron chi connectivity index (χ1n) is 3.76. The molecule has 2 N–H and O–H groups in total. The fourth-order valence-corrected chi connectivity index (χ4v) is 0.781. The molecule has 1 unspecified atom stereocenters. The Morgan fingerprint density at radius 1 is 1.43 bits per heavy atom. The summed E-state index contributed by atoms with van der Waals surface area (Å²) >= 11 is 0. The molecular weight excluding hydrogens is 203 g/mol. The zero-order valence-electron chi connectivity index (χ0n) is 7.39. The normalized spacial score (nSPS) is 13.4. The second-order valence-electron chi connectivity index (χ2n) is 2.77. The van der Waals surface area contributed by atoms with Crippen molar-refractivity contribution in [2.24, 2.45) is 5.92 Å². The molecular formula is C7H10F3NO3. The van der Waals surface area contributed by atoms with Crippen LogP contribution in [-0.4, -0.2) is 29.7 Å². The lowest BCUT2D eigenvalue weighted by atomic mass is 10.1. The summed E-state index contributed by atoms with van der Waals surface area (Å²) in [5, 5.41) is 10.1. The van der Waals surface area contributed by atoms with Crippen LogP contribution < -0.4 is 5.32 Å². The number of carboxylic acids is 1. The molecule has 0 aliphatic carbocycles. The molecule has 0 rings (SSSR count). The van der Waals surface area contributed by atoms with E-state index in [2.05, 4.69) is 0 Å². The van der Waals surface area contributed by atoms with Crippen LogP contribution in [0.3, 0.4) is 0 Å². The molecule has 1 amide bonds. The summed E-state index contributed by atoms with van der Waals surface area (Å²) in [7, 11) is 0. The van der Waals surface area contributed by atoms with Crippen LogP contribution in [0, 0.1) is 5.92 Å². The predicted molar refractivity (Wildman–Crippen MR) is 40.5 cm³/mol. The van der Waals surface area contributed by atoms with Crippen LogP contribution in [0.25, 0.3) is 0 Å². The highest BCUT2D eigenvalue weighted by molar-refractivity contribution is 5.73. The Balaban J connectivity index is 4.26. The predicted octanol–water partition coefficient (Wildman–Crippen LogP) is 0.776. The van der Waals surface area contributed by atoms with Gasteiger partial charge in [0.1, 0.15) is 0 Å². The lowest BCUT2D eigenvalue weighted by Gasteiger charge is -2.18. The molecule has 0 aliphatic heterocycles. The first kappa shape index (κ1) is 12.7. The van der Waals surface area contributed by atoms with Crippen LogP contribution in [0.15, 0.2) is 0 Å². The number of halogens is 3. The number of aliphatic carboxylic acids is 1. The van der Waals surface area contributed by atoms with E-state index in [4.69, 9.17) is 5.11 Å². The summed E-state index contributed by atoms with van der Waals surface area (Å²) in [5.74, 6) is -4.20. The number of carbonyl (C=O) groups excluding carboxylic acids is 1. The van der Waals surface area contributed by atoms with Crippen LogP contribution in [-0.2, 0) is 9.59 Å². The molecule has 7 heteroatoms. The SMILES string of the molecule is CC(=O)NCC(CC(=O)O)C(F)(F)F. The molecule has 4 nitrogen and oxygen atoms in total. The monoisotopic (exact) mass is 213 g/mol. The van der Waals surface area contributed by atoms with Crippen molar-refractivity contribution in [1.82, 2.24) is 5.32 Å². The zero-order chi connectivity index (χ0) is 11.4. The van der Waals surface area contributed by atoms with E-state index in [0.717, 1.165) is 6.92 Å². The van der Waals surface area contributed by atoms with E-state index < -0.39 is 36.9 Å². The Morgan fingerprint density at radius 3 is 2.21 bits per heavy atom. The van der Waals surface area contributed by atoms with Gasteiger partial charge in [-0.15, -0.1) is 0 Å². The van der Waals surface area contributed by atoms with Gasteiger partial charge in [0.2, 0.25) is 5.91 Å². The molecule has 0 saturated carbocycles. The number of hydrogen-bond donors (Lipinski definition) is 2. The highest BCUT2D eigenvalue weighted by Gasteiger charge is 2.40. The van der Waals surface area contributed by atoms with Crippen LogP contribution in [0.5, 0.6) is 0 Å². The van der Waals surface area contributed by atoms with Gasteiger partial charge in [0.25, 0.3) is 0 Å². The summed E-state index contributed by atoms with van der Waals surface area (Å²) < 4.78 is 36.3. The molecule has 0 fully saturated rings. The van der Waals surface area contributed by atoms with E-state index in [-0.39, 0.29) is 0 Å². The quantitative estimate of drug-likeness (QED) is 0.725. The van der Waals surface area contributed by atoms with Gasteiger partial charge >= 0.3 is 12.1 Å². The molecule has 0 aromatic rings. The third-order valence-corrected chi connectivity index (χ3v) is 1.48. The Labute approximate surface area is 78.1 Å². The van der Waals surface area contributed by atoms with E-state index in [0.29, 0.717) is 0 Å². The summed E-state index contributed by atoms with van der Waals surface area (Å²) in [5.41, 5.74) is 0. The summed E-state index contributed by atoms with van der Waals surface area (Å²) in [6.45, 7) is 0.360. The Hall–Kier alpha value is -1.27. The molecule has 82 valence electrons. The van der Waals surface area contributed by atoms with Gasteiger partial charge in [-0.2, -0.15) is 13.2 Å². The lowest BCUT2D eigenvalue weighted by molar-refractivity contribution is -0.182. The number of carbonyl (C=O) groups is 2. The van der Waals surface area contributed by atoms with Gasteiger partial charge in [-0.25, -0.2) is 0 Å². The second-order valence-corrected chi connectivity index (χ2v) is 2.77. The molecule has 0 saturated heterocycles. The minimum absolute atomic E-state index is 0.621. The highest BCUT2D eigenvalue weighted by atomic mass is 19.4. The van der Waals surface area contributed by atoms with Crippen molar-refractivity contribution in [3.63, 3.8) is 0 Å². The van der Waals surface area contributed by atoms with E-state index in [9.17, 15) is 22.8 Å². The minimum Gasteiger partial charge on any atom is -0.481 e. The zero-order valence-corrected chi connectivity index (χ0v) is 7.39. The first-order valence-corrected chi connectivity index (χ1v) is 3.76. The van der Waals surface area contributed by atoms with Crippen molar-refractivity contribution < 1.29 is 27.9 Å². The van der Waals surface area contributed by atoms with Crippen molar-refractivity contribution >= 4 is 11.9 Å². The molecule has 0 bridgehead atoms. The standard InChI is InChI=1S/C7H10F3NO3/c1-4(12)11-3-5(2-6(13)14)7(8,9)10/h5H,2-3H2,1H3,(H,11,12)(H,13,14). The largest absolute Gasteiger partial charge is 0.481 e. The average molecular weight is 213 g/mol. The van der Waals surface area contributed by atoms with Gasteiger partial charge in [0, 0.05) is 13.5 Å². The highest BCUT2D eigenvalue weighted by Crippen LogP contribution is 2.28. The van der Waals surface area contributed by atoms with Crippen LogP contribution in [0.4, 0.5) is 13.2 Å². The van der Waals surface area contributed by atoms with Gasteiger partial charge in [-0.1, -0.05) is 0 Å². The summed E-state index contributed by atoms with van der Waals surface area (Å²) in [6.07, 6.45) is -5.65. The molecule has 0 heterocycles. The Morgan fingerprint density at radius 2 is 1.93 bits per heavy atom. The van der Waals surface area contributed by atoms with Crippen molar-refractivity contribution in [2.75, 3.05) is 6.54 Å². The van der Waals surface area contributed by atoms with Gasteiger partial charge in [0.15, 0.2) is 0 Å². The smallest absolute Gasteiger partial charge is 0.394 e. The fourth-order valence-electron chi connectivity index (χ4n) is 0.781. The van der Waals surface area contributed by atoms with Crippen molar-refractivity contribution in [3.8, 4) is 0 Å². The molecule has 0 aliphatic rings. The van der Waals surface area contributed by atoms with E-state index in [1.54, 1.807) is 0 Å². The summed E-state index contributed by atoms with van der Waals surface area (Å²) in [4.78, 5) is 20.4. The number of nitrogens with one attached hydrogen (secondary N) is 1. The van der Waals surface area contributed by atoms with E-state index >= 15 is 0 Å². The molecule has 0 radical (unpaired) electrons. The topological polar surface area (TPSA) is 66.4 Å². The van der Waals surface area contributed by atoms with Gasteiger partial charge < -0.3 is 10.4 Å². The van der Waals surface area contributed by atoms with Gasteiger partial charge in [-0.3, -0.25) is 9.59 Å². The Bertz CT molecular complexity index is 227. The van der Waals surface area contributed by atoms with Crippen molar-refractivity contribution in [3.05, 3.63) is 0 Å². The Kier molecular flexibility index (Phi) is 4.39. The number of amides is 1. The third-order valence-electron chi connectivity index (χ3n) is 1.48. The van der Waals surface area contributed by atoms with Crippen LogP contribution >= 0.6 is 0 Å². The third kappa shape index (κ3) is 5.39. The number of hydrogen-bond acceptors (Lipinski definition) is 2. The van der Waals surface area contributed by atoms with Crippen molar-refractivity contribution in [2.45, 2.75) is 19.5 Å². The van der Waals surface area contributed by atoms with Crippen LogP contribution in [0.2, 0.25) is 0 Å². The lowest BCUT2D eigenvalue weighted by Crippen LogP contribution is -2.36. The maximum absolute atomic E-state index is 12.1. The molecule has 1 atom stereocenters. The van der Waals surface area contributed by atoms with Crippen molar-refractivity contribution in [1.29, 1.82) is 0 Å². The average Bonchev–Trinajstić information content (AvgIpc) is 1.94. The first-order chi connectivity index (χ1) is 6.23. The van der Waals surface area contributed by atoms with Gasteiger partial charge in [-0.05, 0) is 0 Å². The maximum atomic E-state index is 12.1. The second kappa shape index (κ2) is 4.83. The number of rotatable bonds is 4. The number of carboxylic acid groups (broad SMARTS) is 1. The molecule has 14 heavy (non-hydrogen) atoms. The molecule has 0 aromatic heterocycles. The van der Waals surface area contributed by atoms with Gasteiger partial charge in [0.05, 0.1) is 12.3 Å². The summed E-state index contributed by atoms with van der Waals surface area (Å²) in [6, 6.07) is 0. The fraction of sp³-hybridized carbons (Fsp3) is 0.714. The van der Waals surface area contributed by atoms with E-state index in [1.807, 2.05) is 5.32 Å². The molecule has 0 spiro atoms. The number of alkyl halides is 3. The maximum Gasteiger partial charge on any atom is 0.394 e.